The Hall–Kier alpha value is -0.450. The van der Waals surface area contributed by atoms with Crippen LogP contribution in [0.5, 0.6) is 0 Å². The molecular formula is C15H25N3S. The van der Waals surface area contributed by atoms with E-state index >= 15 is 0 Å². The van der Waals surface area contributed by atoms with Gasteiger partial charge in [0.25, 0.3) is 0 Å². The summed E-state index contributed by atoms with van der Waals surface area (Å²) in [5.74, 6) is 0. The second-order valence-corrected chi connectivity index (χ2v) is 8.02. The fraction of sp³-hybridized carbons (Fsp3) is 0.800. The minimum absolute atomic E-state index is 0.179. The topological polar surface area (TPSA) is 28.2 Å². The standard InChI is InChI=1S/C15H25N3S/c1-15(2,3)14-17-10-11(19-14)9-16-12-6-8-18-7-4-5-13(12)18/h10,12-13,16H,4-9H2,1-3H3. The molecule has 0 spiro atoms. The Labute approximate surface area is 120 Å². The Kier molecular flexibility index (Phi) is 3.67. The van der Waals surface area contributed by atoms with Crippen LogP contribution in [-0.4, -0.2) is 35.1 Å². The van der Waals surface area contributed by atoms with E-state index in [4.69, 9.17) is 0 Å². The molecule has 3 rings (SSSR count). The van der Waals surface area contributed by atoms with Gasteiger partial charge in [-0.25, -0.2) is 4.98 Å². The summed E-state index contributed by atoms with van der Waals surface area (Å²) in [4.78, 5) is 8.60. The molecule has 2 fully saturated rings. The molecule has 1 N–H and O–H groups in total. The van der Waals surface area contributed by atoms with Gasteiger partial charge in [-0.05, 0) is 25.8 Å². The van der Waals surface area contributed by atoms with Crippen molar-refractivity contribution in [1.29, 1.82) is 0 Å². The first kappa shape index (κ1) is 13.5. The molecule has 2 aliphatic rings. The van der Waals surface area contributed by atoms with Crippen LogP contribution in [0.3, 0.4) is 0 Å². The minimum atomic E-state index is 0.179. The lowest BCUT2D eigenvalue weighted by molar-refractivity contribution is 0.299. The molecule has 2 atom stereocenters. The number of nitrogens with one attached hydrogen (secondary N) is 1. The lowest BCUT2D eigenvalue weighted by atomic mass is 9.98. The summed E-state index contributed by atoms with van der Waals surface area (Å²) in [6.45, 7) is 10.3. The fourth-order valence-electron chi connectivity index (χ4n) is 3.29. The maximum atomic E-state index is 4.57. The summed E-state index contributed by atoms with van der Waals surface area (Å²) >= 11 is 1.86. The lowest BCUT2D eigenvalue weighted by Crippen LogP contribution is -2.38. The maximum absolute atomic E-state index is 4.57. The van der Waals surface area contributed by atoms with Crippen molar-refractivity contribution in [3.63, 3.8) is 0 Å². The molecule has 1 aromatic heterocycles. The van der Waals surface area contributed by atoms with Gasteiger partial charge in [-0.1, -0.05) is 20.8 Å². The molecule has 2 unspecified atom stereocenters. The number of fused-ring (bicyclic) bond motifs is 1. The van der Waals surface area contributed by atoms with E-state index in [-0.39, 0.29) is 5.41 Å². The van der Waals surface area contributed by atoms with Crippen LogP contribution in [0.15, 0.2) is 6.20 Å². The molecule has 0 aliphatic carbocycles. The zero-order chi connectivity index (χ0) is 13.5. The second kappa shape index (κ2) is 5.15. The predicted molar refractivity (Wildman–Crippen MR) is 80.7 cm³/mol. The average molecular weight is 279 g/mol. The van der Waals surface area contributed by atoms with E-state index in [0.29, 0.717) is 6.04 Å². The van der Waals surface area contributed by atoms with Crippen molar-refractivity contribution >= 4 is 11.3 Å². The summed E-state index contributed by atoms with van der Waals surface area (Å²) in [6, 6.07) is 1.50. The van der Waals surface area contributed by atoms with Crippen LogP contribution >= 0.6 is 11.3 Å². The number of rotatable bonds is 3. The van der Waals surface area contributed by atoms with E-state index in [1.807, 2.05) is 11.3 Å². The molecule has 1 aromatic rings. The minimum Gasteiger partial charge on any atom is -0.307 e. The van der Waals surface area contributed by atoms with E-state index in [1.165, 1.54) is 42.2 Å². The number of thiazole rings is 1. The largest absolute Gasteiger partial charge is 0.307 e. The van der Waals surface area contributed by atoms with E-state index in [0.717, 1.165) is 12.6 Å². The van der Waals surface area contributed by atoms with Crippen LogP contribution in [-0.2, 0) is 12.0 Å². The van der Waals surface area contributed by atoms with Gasteiger partial charge in [0.2, 0.25) is 0 Å². The van der Waals surface area contributed by atoms with Gasteiger partial charge in [0.15, 0.2) is 0 Å². The molecular weight excluding hydrogens is 254 g/mol. The Morgan fingerprint density at radius 2 is 2.21 bits per heavy atom. The van der Waals surface area contributed by atoms with Gasteiger partial charge in [0.05, 0.1) is 5.01 Å². The predicted octanol–water partition coefficient (Wildman–Crippen LogP) is 2.77. The van der Waals surface area contributed by atoms with Crippen molar-refractivity contribution in [2.24, 2.45) is 0 Å². The zero-order valence-corrected chi connectivity index (χ0v) is 13.1. The van der Waals surface area contributed by atoms with Crippen molar-refractivity contribution < 1.29 is 0 Å². The summed E-state index contributed by atoms with van der Waals surface area (Å²) < 4.78 is 0. The van der Waals surface area contributed by atoms with Crippen LogP contribution in [0.4, 0.5) is 0 Å². The van der Waals surface area contributed by atoms with E-state index in [9.17, 15) is 0 Å². The van der Waals surface area contributed by atoms with E-state index < -0.39 is 0 Å². The molecule has 106 valence electrons. The zero-order valence-electron chi connectivity index (χ0n) is 12.3. The Bertz CT molecular complexity index is 435. The second-order valence-electron chi connectivity index (χ2n) is 6.90. The van der Waals surface area contributed by atoms with Gasteiger partial charge >= 0.3 is 0 Å². The van der Waals surface area contributed by atoms with E-state index in [2.05, 4.69) is 42.2 Å². The van der Waals surface area contributed by atoms with Crippen molar-refractivity contribution in [3.05, 3.63) is 16.1 Å². The Balaban J connectivity index is 1.56. The van der Waals surface area contributed by atoms with Crippen molar-refractivity contribution in [1.82, 2.24) is 15.2 Å². The Morgan fingerprint density at radius 1 is 1.37 bits per heavy atom. The maximum Gasteiger partial charge on any atom is 0.0981 e. The highest BCUT2D eigenvalue weighted by Gasteiger charge is 2.36. The van der Waals surface area contributed by atoms with Crippen molar-refractivity contribution in [2.75, 3.05) is 13.1 Å². The SMILES string of the molecule is CC(C)(C)c1ncc(CNC2CCN3CCCC23)s1. The number of aromatic nitrogens is 1. The monoisotopic (exact) mass is 279 g/mol. The average Bonchev–Trinajstić information content (AvgIpc) is 3.02. The van der Waals surface area contributed by atoms with Gasteiger partial charge < -0.3 is 5.32 Å². The third-order valence-corrected chi connectivity index (χ3v) is 5.76. The van der Waals surface area contributed by atoms with Gasteiger partial charge in [0, 0.05) is 41.7 Å². The quantitative estimate of drug-likeness (QED) is 0.922. The number of hydrogen-bond donors (Lipinski definition) is 1. The highest BCUT2D eigenvalue weighted by molar-refractivity contribution is 7.11. The number of hydrogen-bond acceptors (Lipinski definition) is 4. The molecule has 0 bridgehead atoms. The van der Waals surface area contributed by atoms with Gasteiger partial charge in [-0.3, -0.25) is 4.90 Å². The van der Waals surface area contributed by atoms with Crippen LogP contribution < -0.4 is 5.32 Å². The molecule has 2 aliphatic heterocycles. The summed E-state index contributed by atoms with van der Waals surface area (Å²) in [5, 5.41) is 5.01. The van der Waals surface area contributed by atoms with Crippen molar-refractivity contribution in [3.8, 4) is 0 Å². The van der Waals surface area contributed by atoms with Crippen LogP contribution in [0, 0.1) is 0 Å². The first-order valence-corrected chi connectivity index (χ1v) is 8.28. The van der Waals surface area contributed by atoms with E-state index in [1.54, 1.807) is 0 Å². The number of nitrogens with zero attached hydrogens (tertiary/aromatic N) is 2. The Morgan fingerprint density at radius 3 is 2.95 bits per heavy atom. The van der Waals surface area contributed by atoms with Crippen LogP contribution in [0.2, 0.25) is 0 Å². The first-order valence-electron chi connectivity index (χ1n) is 7.46. The molecule has 3 heterocycles. The van der Waals surface area contributed by atoms with Gasteiger partial charge in [-0.15, -0.1) is 11.3 Å². The van der Waals surface area contributed by atoms with Crippen molar-refractivity contribution in [2.45, 2.75) is 64.1 Å². The summed E-state index contributed by atoms with van der Waals surface area (Å²) in [5.41, 5.74) is 0.179. The first-order chi connectivity index (χ1) is 9.04. The molecule has 0 radical (unpaired) electrons. The molecule has 2 saturated heterocycles. The summed E-state index contributed by atoms with van der Waals surface area (Å²) in [7, 11) is 0. The summed E-state index contributed by atoms with van der Waals surface area (Å²) in [6.07, 6.45) is 6.14. The molecule has 19 heavy (non-hydrogen) atoms. The molecule has 0 saturated carbocycles. The molecule has 3 nitrogen and oxygen atoms in total. The lowest BCUT2D eigenvalue weighted by Gasteiger charge is -2.21. The van der Waals surface area contributed by atoms with Crippen LogP contribution in [0.25, 0.3) is 0 Å². The molecule has 0 amide bonds. The third-order valence-electron chi connectivity index (χ3n) is 4.34. The molecule has 4 heteroatoms. The van der Waals surface area contributed by atoms with Crippen LogP contribution in [0.1, 0.15) is 49.9 Å². The third kappa shape index (κ3) is 2.86. The highest BCUT2D eigenvalue weighted by atomic mass is 32.1. The molecule has 0 aromatic carbocycles. The van der Waals surface area contributed by atoms with Gasteiger partial charge in [-0.2, -0.15) is 0 Å². The highest BCUT2D eigenvalue weighted by Crippen LogP contribution is 2.29. The fourth-order valence-corrected chi connectivity index (χ4v) is 4.21. The van der Waals surface area contributed by atoms with Gasteiger partial charge in [0.1, 0.15) is 0 Å². The smallest absolute Gasteiger partial charge is 0.0981 e. The normalized spacial score (nSPS) is 27.9.